The minimum absolute atomic E-state index is 0.678. The molecule has 1 heterocycles. The maximum atomic E-state index is 6.10. The molecule has 0 bridgehead atoms. The van der Waals surface area contributed by atoms with E-state index in [9.17, 15) is 0 Å². The molecular weight excluding hydrogens is 263 g/mol. The Morgan fingerprint density at radius 2 is 2.07 bits per heavy atom. The van der Waals surface area contributed by atoms with Crippen molar-refractivity contribution in [2.24, 2.45) is 0 Å². The number of nitrogens with zero attached hydrogens (tertiary/aromatic N) is 1. The first-order chi connectivity index (χ1) is 6.70. The highest BCUT2D eigenvalue weighted by Crippen LogP contribution is 2.32. The van der Waals surface area contributed by atoms with Gasteiger partial charge in [0, 0.05) is 10.0 Å². The molecule has 2 nitrogen and oxygen atoms in total. The zero-order valence-corrected chi connectivity index (χ0v) is 9.85. The summed E-state index contributed by atoms with van der Waals surface area (Å²) in [5.74, 6) is 0. The van der Waals surface area contributed by atoms with E-state index in [1.54, 1.807) is 0 Å². The van der Waals surface area contributed by atoms with Crippen LogP contribution in [0, 0.1) is 6.92 Å². The molecule has 14 heavy (non-hydrogen) atoms. The zero-order chi connectivity index (χ0) is 10.1. The van der Waals surface area contributed by atoms with Gasteiger partial charge in [-0.2, -0.15) is 5.10 Å². The molecule has 0 fully saturated rings. The summed E-state index contributed by atoms with van der Waals surface area (Å²) in [5, 5.41) is 7.70. The molecule has 0 atom stereocenters. The monoisotopic (exact) mass is 270 g/mol. The van der Waals surface area contributed by atoms with Gasteiger partial charge in [-0.05, 0) is 13.0 Å². The van der Waals surface area contributed by atoms with Crippen LogP contribution in [0.5, 0.6) is 0 Å². The molecule has 72 valence electrons. The van der Waals surface area contributed by atoms with Crippen molar-refractivity contribution in [1.29, 1.82) is 0 Å². The largest absolute Gasteiger partial charge is 0.281 e. The predicted molar refractivity (Wildman–Crippen MR) is 61.5 cm³/mol. The zero-order valence-electron chi connectivity index (χ0n) is 7.51. The fraction of sp³-hybridized carbons (Fsp3) is 0.100. The Labute approximate surface area is 95.4 Å². The first-order valence-corrected chi connectivity index (χ1v) is 5.32. The van der Waals surface area contributed by atoms with Crippen LogP contribution in [0.1, 0.15) is 5.69 Å². The number of hydrogen-bond donors (Lipinski definition) is 1. The number of nitrogens with one attached hydrogen (secondary N) is 1. The SMILES string of the molecule is Cc1[nH]nc(-c2ccccc2Br)c1Cl. The van der Waals surface area contributed by atoms with Crippen LogP contribution in [-0.2, 0) is 0 Å². The summed E-state index contributed by atoms with van der Waals surface area (Å²) in [5.41, 5.74) is 2.68. The van der Waals surface area contributed by atoms with Crippen molar-refractivity contribution in [3.05, 3.63) is 39.5 Å². The standard InChI is InChI=1S/C10H8BrClN2/c1-6-9(12)10(14-13-6)7-4-2-3-5-8(7)11/h2-5H,1H3,(H,13,14). The average molecular weight is 272 g/mol. The highest BCUT2D eigenvalue weighted by molar-refractivity contribution is 9.10. The lowest BCUT2D eigenvalue weighted by molar-refractivity contribution is 1.05. The van der Waals surface area contributed by atoms with Crippen LogP contribution < -0.4 is 0 Å². The van der Waals surface area contributed by atoms with E-state index in [0.29, 0.717) is 5.02 Å². The average Bonchev–Trinajstić information content (AvgIpc) is 2.49. The Hall–Kier alpha value is -0.800. The van der Waals surface area contributed by atoms with E-state index in [1.807, 2.05) is 31.2 Å². The quantitative estimate of drug-likeness (QED) is 0.839. The number of halogens is 2. The van der Waals surface area contributed by atoms with Gasteiger partial charge in [0.25, 0.3) is 0 Å². The third kappa shape index (κ3) is 1.57. The molecule has 0 radical (unpaired) electrons. The molecule has 0 aliphatic rings. The van der Waals surface area contributed by atoms with Crippen LogP contribution in [0.25, 0.3) is 11.3 Å². The highest BCUT2D eigenvalue weighted by Gasteiger charge is 2.11. The lowest BCUT2D eigenvalue weighted by Crippen LogP contribution is -1.80. The molecular formula is C10H8BrClN2. The van der Waals surface area contributed by atoms with Crippen molar-refractivity contribution >= 4 is 27.5 Å². The summed E-state index contributed by atoms with van der Waals surface area (Å²) in [4.78, 5) is 0. The number of aromatic nitrogens is 2. The number of hydrogen-bond acceptors (Lipinski definition) is 1. The second kappa shape index (κ2) is 3.75. The summed E-state index contributed by atoms with van der Waals surface area (Å²) in [6, 6.07) is 7.86. The second-order valence-corrected chi connectivity index (χ2v) is 4.22. The van der Waals surface area contributed by atoms with Crippen LogP contribution in [0.4, 0.5) is 0 Å². The van der Waals surface area contributed by atoms with E-state index >= 15 is 0 Å². The van der Waals surface area contributed by atoms with E-state index in [4.69, 9.17) is 11.6 Å². The Kier molecular flexibility index (Phi) is 2.61. The first-order valence-electron chi connectivity index (χ1n) is 4.15. The second-order valence-electron chi connectivity index (χ2n) is 2.99. The van der Waals surface area contributed by atoms with E-state index in [2.05, 4.69) is 26.1 Å². The summed E-state index contributed by atoms with van der Waals surface area (Å²) in [6.45, 7) is 1.90. The van der Waals surface area contributed by atoms with Crippen molar-refractivity contribution < 1.29 is 0 Å². The summed E-state index contributed by atoms with van der Waals surface area (Å²) >= 11 is 9.56. The van der Waals surface area contributed by atoms with Crippen molar-refractivity contribution in [2.75, 3.05) is 0 Å². The van der Waals surface area contributed by atoms with E-state index in [0.717, 1.165) is 21.4 Å². The molecule has 0 amide bonds. The minimum atomic E-state index is 0.678. The Morgan fingerprint density at radius 1 is 1.36 bits per heavy atom. The topological polar surface area (TPSA) is 28.7 Å². The van der Waals surface area contributed by atoms with Gasteiger partial charge in [0.2, 0.25) is 0 Å². The molecule has 0 saturated carbocycles. The molecule has 1 aromatic carbocycles. The van der Waals surface area contributed by atoms with Gasteiger partial charge in [0.15, 0.2) is 0 Å². The van der Waals surface area contributed by atoms with Gasteiger partial charge in [-0.1, -0.05) is 45.7 Å². The van der Waals surface area contributed by atoms with Crippen LogP contribution in [0.2, 0.25) is 5.02 Å². The number of aromatic amines is 1. The Balaban J connectivity index is 2.60. The van der Waals surface area contributed by atoms with Crippen LogP contribution in [-0.4, -0.2) is 10.2 Å². The molecule has 0 unspecified atom stereocenters. The molecule has 2 rings (SSSR count). The van der Waals surface area contributed by atoms with Crippen molar-refractivity contribution in [3.8, 4) is 11.3 Å². The summed E-state index contributed by atoms with van der Waals surface area (Å²) in [7, 11) is 0. The van der Waals surface area contributed by atoms with Gasteiger partial charge in [-0.25, -0.2) is 0 Å². The fourth-order valence-corrected chi connectivity index (χ4v) is 1.91. The third-order valence-corrected chi connectivity index (χ3v) is 3.16. The van der Waals surface area contributed by atoms with Gasteiger partial charge >= 0.3 is 0 Å². The fourth-order valence-electron chi connectivity index (χ4n) is 1.25. The van der Waals surface area contributed by atoms with E-state index in [-0.39, 0.29) is 0 Å². The molecule has 1 N–H and O–H groups in total. The minimum Gasteiger partial charge on any atom is -0.281 e. The lowest BCUT2D eigenvalue weighted by Gasteiger charge is -2.00. The Bertz CT molecular complexity index is 465. The molecule has 0 spiro atoms. The van der Waals surface area contributed by atoms with Gasteiger partial charge in [-0.3, -0.25) is 5.10 Å². The van der Waals surface area contributed by atoms with Crippen molar-refractivity contribution in [2.45, 2.75) is 6.92 Å². The lowest BCUT2D eigenvalue weighted by atomic mass is 10.1. The Morgan fingerprint density at radius 3 is 2.64 bits per heavy atom. The van der Waals surface area contributed by atoms with Crippen LogP contribution in [0.3, 0.4) is 0 Å². The molecule has 2 aromatic rings. The first kappa shape index (κ1) is 9.74. The van der Waals surface area contributed by atoms with Gasteiger partial charge in [0.05, 0.1) is 10.7 Å². The van der Waals surface area contributed by atoms with Gasteiger partial charge in [0.1, 0.15) is 5.69 Å². The van der Waals surface area contributed by atoms with Crippen LogP contribution in [0.15, 0.2) is 28.7 Å². The number of H-pyrrole nitrogens is 1. The normalized spacial score (nSPS) is 10.5. The maximum absolute atomic E-state index is 6.10. The highest BCUT2D eigenvalue weighted by atomic mass is 79.9. The number of benzene rings is 1. The number of aryl methyl sites for hydroxylation is 1. The van der Waals surface area contributed by atoms with Gasteiger partial charge < -0.3 is 0 Å². The molecule has 1 aromatic heterocycles. The molecule has 4 heteroatoms. The van der Waals surface area contributed by atoms with E-state index in [1.165, 1.54) is 0 Å². The predicted octanol–water partition coefficient (Wildman–Crippen LogP) is 3.80. The summed E-state index contributed by atoms with van der Waals surface area (Å²) in [6.07, 6.45) is 0. The van der Waals surface area contributed by atoms with Crippen LogP contribution >= 0.6 is 27.5 Å². The van der Waals surface area contributed by atoms with Crippen molar-refractivity contribution in [1.82, 2.24) is 10.2 Å². The molecule has 0 aliphatic carbocycles. The summed E-state index contributed by atoms with van der Waals surface area (Å²) < 4.78 is 0.994. The van der Waals surface area contributed by atoms with Gasteiger partial charge in [-0.15, -0.1) is 0 Å². The molecule has 0 aliphatic heterocycles. The third-order valence-electron chi connectivity index (χ3n) is 2.00. The molecule has 0 saturated heterocycles. The van der Waals surface area contributed by atoms with Crippen molar-refractivity contribution in [3.63, 3.8) is 0 Å². The maximum Gasteiger partial charge on any atom is 0.112 e. The smallest absolute Gasteiger partial charge is 0.112 e. The van der Waals surface area contributed by atoms with E-state index < -0.39 is 0 Å². The number of rotatable bonds is 1.